The molecular weight excluding hydrogens is 173 g/mol. The lowest BCUT2D eigenvalue weighted by molar-refractivity contribution is -0.320. The molecule has 0 saturated carbocycles. The van der Waals surface area contributed by atoms with Crippen LogP contribution in [0.15, 0.2) is 0 Å². The zero-order valence-electron chi connectivity index (χ0n) is 6.78. The van der Waals surface area contributed by atoms with Gasteiger partial charge in [0, 0.05) is 6.42 Å². The topological polar surface area (TPSA) is 26.3 Å². The van der Waals surface area contributed by atoms with Crippen molar-refractivity contribution in [2.45, 2.75) is 32.5 Å². The van der Waals surface area contributed by atoms with Crippen molar-refractivity contribution >= 4 is 5.78 Å². The highest BCUT2D eigenvalue weighted by Gasteiger charge is 2.29. The van der Waals surface area contributed by atoms with Gasteiger partial charge in [0.1, 0.15) is 6.61 Å². The third-order valence-electron chi connectivity index (χ3n) is 1.21. The van der Waals surface area contributed by atoms with Crippen LogP contribution in [0.3, 0.4) is 0 Å². The molecule has 0 aliphatic carbocycles. The Balaban J connectivity index is 3.44. The summed E-state index contributed by atoms with van der Waals surface area (Å²) < 4.78 is 37.4. The number of hydrogen-bond donors (Lipinski definition) is 0. The molecule has 0 aliphatic heterocycles. The van der Waals surface area contributed by atoms with Gasteiger partial charge >= 0.3 is 6.36 Å². The molecule has 0 heterocycles. The number of carbonyl (C=O) groups is 1. The summed E-state index contributed by atoms with van der Waals surface area (Å²) in [4.78, 5) is 10.6. The first kappa shape index (κ1) is 11.4. The Morgan fingerprint density at radius 1 is 1.42 bits per heavy atom. The Labute approximate surface area is 68.7 Å². The second-order valence-electron chi connectivity index (χ2n) is 2.38. The molecule has 0 spiro atoms. The highest BCUT2D eigenvalue weighted by molar-refractivity contribution is 5.79. The summed E-state index contributed by atoms with van der Waals surface area (Å²) in [7, 11) is 0. The van der Waals surface area contributed by atoms with Crippen molar-refractivity contribution in [3.63, 3.8) is 0 Å². The quantitative estimate of drug-likeness (QED) is 0.655. The van der Waals surface area contributed by atoms with Crippen LogP contribution in [0.4, 0.5) is 13.2 Å². The number of unbranched alkanes of at least 4 members (excludes halogenated alkanes) is 1. The van der Waals surface area contributed by atoms with Gasteiger partial charge in [0.25, 0.3) is 0 Å². The lowest BCUT2D eigenvalue weighted by Crippen LogP contribution is -2.19. The molecule has 0 amide bonds. The van der Waals surface area contributed by atoms with Crippen LogP contribution < -0.4 is 0 Å². The maximum atomic E-state index is 11.4. The molecule has 0 aromatic carbocycles. The van der Waals surface area contributed by atoms with Crippen LogP contribution in [0.5, 0.6) is 0 Å². The van der Waals surface area contributed by atoms with Gasteiger partial charge in [-0.1, -0.05) is 13.3 Å². The minimum atomic E-state index is -4.69. The van der Waals surface area contributed by atoms with Crippen LogP contribution in [-0.4, -0.2) is 18.8 Å². The molecule has 0 bridgehead atoms. The van der Waals surface area contributed by atoms with Crippen LogP contribution in [0.2, 0.25) is 0 Å². The van der Waals surface area contributed by atoms with Gasteiger partial charge in [-0.05, 0) is 6.42 Å². The zero-order chi connectivity index (χ0) is 9.61. The van der Waals surface area contributed by atoms with E-state index in [9.17, 15) is 18.0 Å². The molecule has 0 aliphatic rings. The van der Waals surface area contributed by atoms with Crippen LogP contribution in [0.1, 0.15) is 26.2 Å². The Bertz CT molecular complexity index is 142. The molecule has 0 N–H and O–H groups in total. The van der Waals surface area contributed by atoms with Crippen LogP contribution in [0, 0.1) is 0 Å². The lowest BCUT2D eigenvalue weighted by Gasteiger charge is -2.05. The molecule has 2 nitrogen and oxygen atoms in total. The van der Waals surface area contributed by atoms with Crippen molar-refractivity contribution in [3.05, 3.63) is 0 Å². The summed E-state index contributed by atoms with van der Waals surface area (Å²) >= 11 is 0. The lowest BCUT2D eigenvalue weighted by atomic mass is 10.2. The minimum Gasteiger partial charge on any atom is -0.297 e. The fourth-order valence-electron chi connectivity index (χ4n) is 0.608. The van der Waals surface area contributed by atoms with E-state index in [0.717, 1.165) is 6.42 Å². The number of halogens is 3. The number of ether oxygens (including phenoxy) is 1. The van der Waals surface area contributed by atoms with E-state index < -0.39 is 18.8 Å². The summed E-state index contributed by atoms with van der Waals surface area (Å²) in [5, 5.41) is 0. The maximum absolute atomic E-state index is 11.4. The van der Waals surface area contributed by atoms with Gasteiger partial charge in [-0.2, -0.15) is 0 Å². The Morgan fingerprint density at radius 2 is 2.00 bits per heavy atom. The molecular formula is C7H11F3O2. The maximum Gasteiger partial charge on any atom is 0.522 e. The third-order valence-corrected chi connectivity index (χ3v) is 1.21. The predicted molar refractivity (Wildman–Crippen MR) is 36.5 cm³/mol. The summed E-state index contributed by atoms with van der Waals surface area (Å²) in [5.74, 6) is -0.505. The minimum absolute atomic E-state index is 0.159. The Morgan fingerprint density at radius 3 is 2.42 bits per heavy atom. The number of carbonyl (C=O) groups excluding carboxylic acids is 1. The third kappa shape index (κ3) is 7.53. The molecule has 5 heteroatoms. The molecule has 72 valence electrons. The monoisotopic (exact) mass is 184 g/mol. The first-order valence-corrected chi connectivity index (χ1v) is 3.68. The smallest absolute Gasteiger partial charge is 0.297 e. The van der Waals surface area contributed by atoms with Crippen molar-refractivity contribution in [3.8, 4) is 0 Å². The van der Waals surface area contributed by atoms with Crippen LogP contribution >= 0.6 is 0 Å². The van der Waals surface area contributed by atoms with E-state index in [0.29, 0.717) is 6.42 Å². The normalized spacial score (nSPS) is 11.7. The van der Waals surface area contributed by atoms with Gasteiger partial charge in [0.15, 0.2) is 5.78 Å². The van der Waals surface area contributed by atoms with Gasteiger partial charge in [-0.3, -0.25) is 9.53 Å². The van der Waals surface area contributed by atoms with E-state index in [1.807, 2.05) is 6.92 Å². The number of rotatable bonds is 5. The van der Waals surface area contributed by atoms with Gasteiger partial charge in [-0.25, -0.2) is 0 Å². The summed E-state index contributed by atoms with van der Waals surface area (Å²) in [6.07, 6.45) is -3.13. The number of ketones is 1. The van der Waals surface area contributed by atoms with Gasteiger partial charge < -0.3 is 0 Å². The van der Waals surface area contributed by atoms with E-state index in [4.69, 9.17) is 0 Å². The Kier molecular flexibility index (Phi) is 4.89. The van der Waals surface area contributed by atoms with Crippen molar-refractivity contribution in [2.24, 2.45) is 0 Å². The number of Topliss-reactive ketones (excluding diaryl/α,β-unsaturated/α-hetero) is 1. The van der Waals surface area contributed by atoms with E-state index in [1.165, 1.54) is 0 Å². The van der Waals surface area contributed by atoms with Crippen molar-refractivity contribution in [1.82, 2.24) is 0 Å². The molecule has 0 rings (SSSR count). The SMILES string of the molecule is CCCCC(=O)COC(F)(F)F. The van der Waals surface area contributed by atoms with Crippen LogP contribution in [0.25, 0.3) is 0 Å². The molecule has 0 saturated heterocycles. The fourth-order valence-corrected chi connectivity index (χ4v) is 0.608. The summed E-state index contributed by atoms with van der Waals surface area (Å²) in [5.41, 5.74) is 0. The number of alkyl halides is 3. The summed E-state index contributed by atoms with van der Waals surface area (Å²) in [6, 6.07) is 0. The van der Waals surface area contributed by atoms with Gasteiger partial charge in [-0.15, -0.1) is 13.2 Å². The average Bonchev–Trinajstić information content (AvgIpc) is 1.95. The second kappa shape index (κ2) is 5.13. The van der Waals surface area contributed by atoms with Gasteiger partial charge in [0.2, 0.25) is 0 Å². The highest BCUT2D eigenvalue weighted by Crippen LogP contribution is 2.15. The van der Waals surface area contributed by atoms with E-state index in [1.54, 1.807) is 0 Å². The Hall–Kier alpha value is -0.580. The first-order valence-electron chi connectivity index (χ1n) is 3.68. The zero-order valence-corrected chi connectivity index (χ0v) is 6.78. The van der Waals surface area contributed by atoms with Crippen molar-refractivity contribution in [1.29, 1.82) is 0 Å². The second-order valence-corrected chi connectivity index (χ2v) is 2.38. The fraction of sp³-hybridized carbons (Fsp3) is 0.857. The van der Waals surface area contributed by atoms with Crippen molar-refractivity contribution < 1.29 is 22.7 Å². The largest absolute Gasteiger partial charge is 0.522 e. The van der Waals surface area contributed by atoms with Crippen molar-refractivity contribution in [2.75, 3.05) is 6.61 Å². The van der Waals surface area contributed by atoms with E-state index >= 15 is 0 Å². The first-order chi connectivity index (χ1) is 5.45. The average molecular weight is 184 g/mol. The molecule has 0 aromatic heterocycles. The molecule has 12 heavy (non-hydrogen) atoms. The highest BCUT2D eigenvalue weighted by atomic mass is 19.4. The molecule has 0 unspecified atom stereocenters. The predicted octanol–water partition coefficient (Wildman–Crippen LogP) is 2.28. The number of hydrogen-bond acceptors (Lipinski definition) is 2. The molecule has 0 radical (unpaired) electrons. The van der Waals surface area contributed by atoms with E-state index in [2.05, 4.69) is 4.74 Å². The summed E-state index contributed by atoms with van der Waals surface area (Å²) in [6.45, 7) is 1.00. The van der Waals surface area contributed by atoms with Crippen LogP contribution in [-0.2, 0) is 9.53 Å². The molecule has 0 fully saturated rings. The van der Waals surface area contributed by atoms with Gasteiger partial charge in [0.05, 0.1) is 0 Å². The standard InChI is InChI=1S/C7H11F3O2/c1-2-3-4-6(11)5-12-7(8,9)10/h2-5H2,1H3. The molecule has 0 atom stereocenters. The molecule has 0 aromatic rings. The van der Waals surface area contributed by atoms with E-state index in [-0.39, 0.29) is 6.42 Å².